The van der Waals surface area contributed by atoms with Gasteiger partial charge in [0.2, 0.25) is 88.6 Å². The van der Waals surface area contributed by atoms with Gasteiger partial charge in [0.15, 0.2) is 0 Å². The summed E-state index contributed by atoms with van der Waals surface area (Å²) in [4.78, 5) is 232. The number of aromatic amines is 1. The number of carboxylic acid groups (broad SMARTS) is 2. The summed E-state index contributed by atoms with van der Waals surface area (Å²) in [7, 11) is 0. The first-order valence-corrected chi connectivity index (χ1v) is 34.0. The summed E-state index contributed by atoms with van der Waals surface area (Å²) in [6.45, 7) is 1.90. The molecule has 22 N–H and O–H groups in total. The van der Waals surface area contributed by atoms with Crippen molar-refractivity contribution in [1.82, 2.24) is 78.2 Å². The molecule has 5 rings (SSSR count). The van der Waals surface area contributed by atoms with E-state index in [1.165, 1.54) is 16.7 Å². The number of primary amides is 1. The number of aliphatic carboxylic acids is 2. The molecule has 4 heterocycles. The second kappa shape index (κ2) is 40.8. The fourth-order valence-electron chi connectivity index (χ4n) is 12.1. The van der Waals surface area contributed by atoms with Crippen molar-refractivity contribution in [3.63, 3.8) is 0 Å². The van der Waals surface area contributed by atoms with Crippen LogP contribution < -0.4 is 81.4 Å². The lowest BCUT2D eigenvalue weighted by Gasteiger charge is -2.29. The second-order valence-electron chi connectivity index (χ2n) is 25.4. The Kier molecular flexibility index (Phi) is 32.9. The molecule has 38 nitrogen and oxygen atoms in total. The fraction of sp³-hybridized carbons (Fsp3) is 0.609. The average Bonchev–Trinajstić information content (AvgIpc) is 1.63. The van der Waals surface area contributed by atoms with E-state index in [-0.39, 0.29) is 84.1 Å². The largest absolute Gasteiger partial charge is 0.481 e. The molecule has 0 aliphatic carbocycles. The van der Waals surface area contributed by atoms with Gasteiger partial charge in [-0.05, 0) is 115 Å². The number of carbonyl (C=O) groups excluding carboxylic acids is 15. The van der Waals surface area contributed by atoms with Crippen molar-refractivity contribution in [2.75, 3.05) is 65.4 Å². The van der Waals surface area contributed by atoms with Crippen molar-refractivity contribution in [3.05, 3.63) is 36.0 Å². The van der Waals surface area contributed by atoms with Crippen LogP contribution >= 0.6 is 0 Å². The van der Waals surface area contributed by atoms with Crippen LogP contribution in [0.1, 0.15) is 116 Å². The number of nitrogens with zero attached hydrogens (tertiary/aromatic N) is 3. The highest BCUT2D eigenvalue weighted by Gasteiger charge is 2.42. The second-order valence-corrected chi connectivity index (χ2v) is 25.4. The molecule has 3 aliphatic heterocycles. The van der Waals surface area contributed by atoms with Crippen molar-refractivity contribution in [3.8, 4) is 0 Å². The SMILES string of the molecule is CC(C)[C@H](NC(=O)CN)C(=O)N[C@@H](CCCCN)C(=O)NCC(=O)N[C@@H](CC(=O)O)C(=O)N[C@@H](CCCCN)C(=O)NCC(=O)N[C@@H](CC(N)=O)C(=O)N1CCC[C@H]1C(=O)NCC(=O)N[C@@H](Cc1c[nH]c2ccccc12)C(=O)N1CCC[C@H]1C(=O)NCC(=O)N[C@@H](C)C(=O)N1CCC[C@H]1C(=O)O. The number of likely N-dealkylation sites (tertiary alicyclic amines) is 3. The van der Waals surface area contributed by atoms with E-state index in [4.69, 9.17) is 22.9 Å². The first-order chi connectivity index (χ1) is 48.5. The number of hydrogen-bond donors (Lipinski definition) is 18. The van der Waals surface area contributed by atoms with Crippen LogP contribution in [0.2, 0.25) is 0 Å². The molecule has 3 fully saturated rings. The van der Waals surface area contributed by atoms with Crippen molar-refractivity contribution in [2.45, 2.75) is 178 Å². The number of hydrogen-bond acceptors (Lipinski definition) is 20. The normalized spacial score (nSPS) is 17.6. The number of aromatic nitrogens is 1. The van der Waals surface area contributed by atoms with Crippen molar-refractivity contribution >= 4 is 111 Å². The molecule has 0 unspecified atom stereocenters. The first kappa shape index (κ1) is 82.3. The van der Waals surface area contributed by atoms with Crippen LogP contribution in [0.4, 0.5) is 0 Å². The van der Waals surface area contributed by atoms with Gasteiger partial charge in [-0.2, -0.15) is 0 Å². The zero-order valence-electron chi connectivity index (χ0n) is 57.4. The van der Waals surface area contributed by atoms with E-state index in [0.29, 0.717) is 37.7 Å². The molecule has 3 saturated heterocycles. The smallest absolute Gasteiger partial charge is 0.326 e. The van der Waals surface area contributed by atoms with Crippen LogP contribution in [-0.4, -0.2) is 256 Å². The third kappa shape index (κ3) is 25.1. The Morgan fingerprint density at radius 1 is 0.500 bits per heavy atom. The molecule has 0 spiro atoms. The first-order valence-electron chi connectivity index (χ1n) is 34.0. The highest BCUT2D eigenvalue weighted by atomic mass is 16.4. The van der Waals surface area contributed by atoms with Crippen LogP contribution in [0, 0.1) is 5.92 Å². The van der Waals surface area contributed by atoms with Crippen LogP contribution in [0.5, 0.6) is 0 Å². The number of unbranched alkanes of at least 4 members (excludes halogenated alkanes) is 2. The number of fused-ring (bicyclic) bond motifs is 1. The summed E-state index contributed by atoms with van der Waals surface area (Å²) in [5.41, 5.74) is 23.5. The Morgan fingerprint density at radius 2 is 0.961 bits per heavy atom. The number of carboxylic acids is 2. The number of para-hydroxylation sites is 1. The molecule has 10 atom stereocenters. The minimum Gasteiger partial charge on any atom is -0.481 e. The fourth-order valence-corrected chi connectivity index (χ4v) is 12.1. The minimum absolute atomic E-state index is 0.0542. The zero-order chi connectivity index (χ0) is 75.3. The number of H-pyrrole nitrogens is 1. The Morgan fingerprint density at radius 3 is 1.45 bits per heavy atom. The van der Waals surface area contributed by atoms with Gasteiger partial charge in [0.05, 0.1) is 45.6 Å². The standard InChI is InChI=1S/C64H97N19O19/c1-34(2)54(80-48(85)28-67)60(97)79-40(16-7-9-21-66)56(93)70-31-50(87)75-41(27-53(90)91)57(94)78-39(15-6-8-20-65)55(92)71-32-51(88)77-43(26-47(68)84)63(100)82-23-11-18-45(82)59(96)73-33-52(89)76-42(25-36-29-69-38-14-5-4-13-37(36)38)62(99)81-22-10-17-44(81)58(95)72-30-49(86)74-35(3)61(98)83-24-12-19-46(83)64(101)102/h4-5,13-14,29,34-35,39-46,54,69H,6-12,15-28,30-33,65-67H2,1-3H3,(H2,68,84)(H,70,93)(H,71,92)(H,72,95)(H,73,96)(H,74,86)(H,75,87)(H,76,89)(H,77,88)(H,78,94)(H,79,97)(H,80,85)(H,90,91)(H,101,102)/t35-,39-,40-,41-,42-,43-,44-,45-,46-,54-/m0/s1. The van der Waals surface area contributed by atoms with Gasteiger partial charge in [-0.1, -0.05) is 32.0 Å². The van der Waals surface area contributed by atoms with Gasteiger partial charge in [-0.15, -0.1) is 0 Å². The predicted molar refractivity (Wildman–Crippen MR) is 361 cm³/mol. The van der Waals surface area contributed by atoms with Gasteiger partial charge < -0.3 is 111 Å². The molecule has 1 aromatic heterocycles. The Balaban J connectivity index is 1.18. The monoisotopic (exact) mass is 1440 g/mol. The van der Waals surface area contributed by atoms with E-state index in [0.717, 1.165) is 15.8 Å². The summed E-state index contributed by atoms with van der Waals surface area (Å²) in [6.07, 6.45) is 2.65. The maximum Gasteiger partial charge on any atom is 0.326 e. The zero-order valence-corrected chi connectivity index (χ0v) is 57.4. The number of nitrogens with two attached hydrogens (primary N) is 4. The molecule has 1 aromatic carbocycles. The minimum atomic E-state index is -1.85. The van der Waals surface area contributed by atoms with Gasteiger partial charge in [-0.3, -0.25) is 76.7 Å². The molecule has 38 heteroatoms. The van der Waals surface area contributed by atoms with E-state index in [1.807, 2.05) is 0 Å². The molecule has 2 aromatic rings. The molecule has 562 valence electrons. The van der Waals surface area contributed by atoms with Crippen LogP contribution in [0.25, 0.3) is 10.9 Å². The van der Waals surface area contributed by atoms with Gasteiger partial charge in [-0.25, -0.2) is 4.79 Å². The predicted octanol–water partition coefficient (Wildman–Crippen LogP) is -7.13. The van der Waals surface area contributed by atoms with Gasteiger partial charge in [0.1, 0.15) is 60.4 Å². The summed E-state index contributed by atoms with van der Waals surface area (Å²) >= 11 is 0. The molecule has 0 saturated carbocycles. The lowest BCUT2D eigenvalue weighted by Crippen LogP contribution is -2.58. The van der Waals surface area contributed by atoms with Crippen LogP contribution in [0.3, 0.4) is 0 Å². The van der Waals surface area contributed by atoms with Crippen molar-refractivity contribution in [2.24, 2.45) is 28.9 Å². The van der Waals surface area contributed by atoms with Crippen LogP contribution in [0.15, 0.2) is 30.5 Å². The highest BCUT2D eigenvalue weighted by Crippen LogP contribution is 2.25. The van der Waals surface area contributed by atoms with E-state index in [9.17, 15) is 91.7 Å². The Labute approximate surface area is 587 Å². The average molecular weight is 1440 g/mol. The van der Waals surface area contributed by atoms with E-state index >= 15 is 0 Å². The number of carbonyl (C=O) groups is 17. The van der Waals surface area contributed by atoms with Crippen LogP contribution in [-0.2, 0) is 87.9 Å². The van der Waals surface area contributed by atoms with E-state index < -0.39 is 212 Å². The number of nitrogens with one attached hydrogen (secondary N) is 12. The summed E-state index contributed by atoms with van der Waals surface area (Å²) < 4.78 is 0. The summed E-state index contributed by atoms with van der Waals surface area (Å²) in [6, 6.07) is -6.02. The van der Waals surface area contributed by atoms with Crippen molar-refractivity contribution in [1.29, 1.82) is 0 Å². The molecule has 3 aliphatic rings. The molecular formula is C64H97N19O19. The van der Waals surface area contributed by atoms with Gasteiger partial charge in [0, 0.05) is 43.2 Å². The lowest BCUT2D eigenvalue weighted by molar-refractivity contribution is -0.149. The molecule has 0 radical (unpaired) electrons. The molecule has 0 bridgehead atoms. The maximum absolute atomic E-state index is 14.6. The van der Waals surface area contributed by atoms with E-state index in [1.54, 1.807) is 44.3 Å². The topological polar surface area (TPSA) is 593 Å². The Bertz CT molecular complexity index is 3380. The number of amides is 15. The van der Waals surface area contributed by atoms with E-state index in [2.05, 4.69) is 63.5 Å². The highest BCUT2D eigenvalue weighted by molar-refractivity contribution is 6.00. The van der Waals surface area contributed by atoms with Gasteiger partial charge >= 0.3 is 11.9 Å². The third-order valence-corrected chi connectivity index (χ3v) is 17.4. The lowest BCUT2D eigenvalue weighted by atomic mass is 10.0. The third-order valence-electron chi connectivity index (χ3n) is 17.4. The van der Waals surface area contributed by atoms with Gasteiger partial charge in [0.25, 0.3) is 0 Å². The molecule has 102 heavy (non-hydrogen) atoms. The number of benzene rings is 1. The number of rotatable bonds is 41. The van der Waals surface area contributed by atoms with Crippen molar-refractivity contribution < 1.29 is 91.7 Å². The molecule has 15 amide bonds. The quantitative estimate of drug-likeness (QED) is 0.0275. The Hall–Kier alpha value is -10.4. The maximum atomic E-state index is 14.6. The summed E-state index contributed by atoms with van der Waals surface area (Å²) in [5.74, 6) is -16.0. The molecular weight excluding hydrogens is 1340 g/mol. The summed E-state index contributed by atoms with van der Waals surface area (Å²) in [5, 5.41) is 46.7.